The van der Waals surface area contributed by atoms with Crippen LogP contribution in [0.3, 0.4) is 0 Å². The minimum atomic E-state index is -0.896. The van der Waals surface area contributed by atoms with E-state index in [1.54, 1.807) is 30.3 Å². The summed E-state index contributed by atoms with van der Waals surface area (Å²) in [7, 11) is 0. The molecule has 33 heavy (non-hydrogen) atoms. The van der Waals surface area contributed by atoms with Gasteiger partial charge >= 0.3 is 11.8 Å². The highest BCUT2D eigenvalue weighted by Gasteiger charge is 2.22. The van der Waals surface area contributed by atoms with Crippen molar-refractivity contribution in [3.05, 3.63) is 94.1 Å². The summed E-state index contributed by atoms with van der Waals surface area (Å²) in [6, 6.07) is 21.6. The van der Waals surface area contributed by atoms with Gasteiger partial charge in [0.1, 0.15) is 5.69 Å². The molecular weight excluding hydrogens is 484 g/mol. The number of aromatic nitrogens is 1. The fourth-order valence-electron chi connectivity index (χ4n) is 3.52. The van der Waals surface area contributed by atoms with Crippen LogP contribution in [0.5, 0.6) is 0 Å². The first-order valence-corrected chi connectivity index (χ1v) is 11.0. The van der Waals surface area contributed by atoms with Crippen LogP contribution in [0, 0.1) is 13.8 Å². The number of para-hydroxylation sites is 2. The standard InChI is InChI=1S/C25H21BrN4O3/c1-15-7-6-8-16(2)22(15)28-24(32)25(33)29-30-20-12-11-18(26)13-17(20)14-21(30)23(31)27-19-9-4-3-5-10-19/h3-14H,1-2H3,(H,27,31)(H,28,32)(H,29,33). The number of rotatable bonds is 4. The van der Waals surface area contributed by atoms with E-state index < -0.39 is 17.7 Å². The summed E-state index contributed by atoms with van der Waals surface area (Å²) in [5.41, 5.74) is 6.20. The van der Waals surface area contributed by atoms with Gasteiger partial charge in [-0.25, -0.2) is 4.68 Å². The quantitative estimate of drug-likeness (QED) is 0.342. The topological polar surface area (TPSA) is 92.2 Å². The maximum absolute atomic E-state index is 13.0. The van der Waals surface area contributed by atoms with Crippen molar-refractivity contribution in [2.24, 2.45) is 0 Å². The number of nitrogens with zero attached hydrogens (tertiary/aromatic N) is 1. The van der Waals surface area contributed by atoms with Gasteiger partial charge in [0.15, 0.2) is 0 Å². The second kappa shape index (κ2) is 9.30. The minimum Gasteiger partial charge on any atom is -0.321 e. The number of amides is 3. The summed E-state index contributed by atoms with van der Waals surface area (Å²) in [6.07, 6.45) is 0. The van der Waals surface area contributed by atoms with E-state index in [0.717, 1.165) is 21.0 Å². The van der Waals surface area contributed by atoms with Crippen molar-refractivity contribution < 1.29 is 14.4 Å². The highest BCUT2D eigenvalue weighted by atomic mass is 79.9. The van der Waals surface area contributed by atoms with E-state index in [-0.39, 0.29) is 5.69 Å². The van der Waals surface area contributed by atoms with Gasteiger partial charge < -0.3 is 10.6 Å². The van der Waals surface area contributed by atoms with Crippen molar-refractivity contribution in [3.63, 3.8) is 0 Å². The summed E-state index contributed by atoms with van der Waals surface area (Å²) in [4.78, 5) is 38.5. The average Bonchev–Trinajstić information content (AvgIpc) is 3.14. The molecule has 1 heterocycles. The van der Waals surface area contributed by atoms with Crippen molar-refractivity contribution in [2.45, 2.75) is 13.8 Å². The van der Waals surface area contributed by atoms with Crippen LogP contribution in [0.1, 0.15) is 21.6 Å². The molecule has 3 aromatic carbocycles. The SMILES string of the molecule is Cc1cccc(C)c1NC(=O)C(=O)Nn1c(C(=O)Nc2ccccc2)cc2cc(Br)ccc21. The zero-order valence-electron chi connectivity index (χ0n) is 18.0. The average molecular weight is 505 g/mol. The molecule has 7 nitrogen and oxygen atoms in total. The molecule has 8 heteroatoms. The van der Waals surface area contributed by atoms with Crippen LogP contribution in [-0.2, 0) is 9.59 Å². The van der Waals surface area contributed by atoms with Crippen molar-refractivity contribution in [1.82, 2.24) is 4.68 Å². The molecule has 166 valence electrons. The normalized spacial score (nSPS) is 10.6. The van der Waals surface area contributed by atoms with Gasteiger partial charge in [0.05, 0.1) is 5.52 Å². The molecular formula is C25H21BrN4O3. The molecule has 0 aliphatic rings. The Kier molecular flexibility index (Phi) is 6.28. The Morgan fingerprint density at radius 1 is 0.788 bits per heavy atom. The van der Waals surface area contributed by atoms with Gasteiger partial charge in [0.2, 0.25) is 0 Å². The summed E-state index contributed by atoms with van der Waals surface area (Å²) in [6.45, 7) is 3.70. The highest BCUT2D eigenvalue weighted by Crippen LogP contribution is 2.24. The highest BCUT2D eigenvalue weighted by molar-refractivity contribution is 9.10. The van der Waals surface area contributed by atoms with Crippen molar-refractivity contribution in [3.8, 4) is 0 Å². The number of benzene rings is 3. The zero-order valence-corrected chi connectivity index (χ0v) is 19.6. The summed E-state index contributed by atoms with van der Waals surface area (Å²) in [5, 5.41) is 6.19. The molecule has 4 rings (SSSR count). The van der Waals surface area contributed by atoms with E-state index in [4.69, 9.17) is 0 Å². The van der Waals surface area contributed by atoms with Crippen molar-refractivity contribution in [2.75, 3.05) is 16.1 Å². The molecule has 0 saturated carbocycles. The Morgan fingerprint density at radius 2 is 1.48 bits per heavy atom. The summed E-state index contributed by atoms with van der Waals surface area (Å²) < 4.78 is 2.15. The van der Waals surface area contributed by atoms with Crippen LogP contribution in [0.25, 0.3) is 10.9 Å². The van der Waals surface area contributed by atoms with Gasteiger partial charge in [-0.2, -0.15) is 0 Å². The molecule has 3 amide bonds. The third-order valence-corrected chi connectivity index (χ3v) is 5.66. The third-order valence-electron chi connectivity index (χ3n) is 5.17. The number of aryl methyl sites for hydroxylation is 2. The van der Waals surface area contributed by atoms with Gasteiger partial charge in [0.25, 0.3) is 5.91 Å². The molecule has 0 aliphatic carbocycles. The Balaban J connectivity index is 1.64. The smallest absolute Gasteiger partial charge is 0.321 e. The van der Waals surface area contributed by atoms with E-state index in [9.17, 15) is 14.4 Å². The largest absolute Gasteiger partial charge is 0.328 e. The maximum Gasteiger partial charge on any atom is 0.328 e. The molecule has 1 aromatic heterocycles. The van der Waals surface area contributed by atoms with Crippen LogP contribution in [0.4, 0.5) is 11.4 Å². The van der Waals surface area contributed by atoms with E-state index in [1.165, 1.54) is 4.68 Å². The predicted molar refractivity (Wildman–Crippen MR) is 133 cm³/mol. The lowest BCUT2D eigenvalue weighted by molar-refractivity contribution is -0.133. The predicted octanol–water partition coefficient (Wildman–Crippen LogP) is 4.98. The van der Waals surface area contributed by atoms with Crippen LogP contribution in [0.15, 0.2) is 77.3 Å². The van der Waals surface area contributed by atoms with Crippen molar-refractivity contribution in [1.29, 1.82) is 0 Å². The second-order valence-corrected chi connectivity index (χ2v) is 8.47. The molecule has 3 N–H and O–H groups in total. The number of fused-ring (bicyclic) bond motifs is 1. The van der Waals surface area contributed by atoms with Crippen LogP contribution >= 0.6 is 15.9 Å². The number of nitrogens with one attached hydrogen (secondary N) is 3. The van der Waals surface area contributed by atoms with Gasteiger partial charge in [-0.15, -0.1) is 0 Å². The molecule has 0 bridgehead atoms. The van der Waals surface area contributed by atoms with Gasteiger partial charge in [-0.3, -0.25) is 19.8 Å². The van der Waals surface area contributed by atoms with E-state index in [0.29, 0.717) is 16.9 Å². The van der Waals surface area contributed by atoms with E-state index in [1.807, 2.05) is 56.3 Å². The number of anilines is 2. The van der Waals surface area contributed by atoms with Crippen LogP contribution in [-0.4, -0.2) is 22.4 Å². The van der Waals surface area contributed by atoms with Gasteiger partial charge in [-0.05, 0) is 61.4 Å². The molecule has 0 aliphatic heterocycles. The Bertz CT molecular complexity index is 1360. The lowest BCUT2D eigenvalue weighted by Crippen LogP contribution is -2.36. The Hall–Kier alpha value is -3.91. The number of hydrogen-bond donors (Lipinski definition) is 3. The molecule has 0 radical (unpaired) electrons. The lowest BCUT2D eigenvalue weighted by atomic mass is 10.1. The Labute approximate surface area is 198 Å². The van der Waals surface area contributed by atoms with E-state index in [2.05, 4.69) is 32.0 Å². The lowest BCUT2D eigenvalue weighted by Gasteiger charge is -2.14. The first kappa shape index (κ1) is 22.3. The molecule has 0 spiro atoms. The van der Waals surface area contributed by atoms with Crippen LogP contribution < -0.4 is 16.1 Å². The second-order valence-electron chi connectivity index (χ2n) is 7.55. The molecule has 0 unspecified atom stereocenters. The molecule has 0 atom stereocenters. The third kappa shape index (κ3) is 4.80. The first-order valence-electron chi connectivity index (χ1n) is 10.2. The monoisotopic (exact) mass is 504 g/mol. The van der Waals surface area contributed by atoms with Gasteiger partial charge in [-0.1, -0.05) is 52.3 Å². The number of hydrogen-bond acceptors (Lipinski definition) is 3. The van der Waals surface area contributed by atoms with E-state index >= 15 is 0 Å². The summed E-state index contributed by atoms with van der Waals surface area (Å²) >= 11 is 3.42. The number of carbonyl (C=O) groups excluding carboxylic acids is 3. The fourth-order valence-corrected chi connectivity index (χ4v) is 3.90. The molecule has 0 fully saturated rings. The molecule has 4 aromatic rings. The zero-order chi connectivity index (χ0) is 23.5. The minimum absolute atomic E-state index is 0.181. The summed E-state index contributed by atoms with van der Waals surface area (Å²) in [5.74, 6) is -2.16. The maximum atomic E-state index is 13.0. The fraction of sp³-hybridized carbons (Fsp3) is 0.0800. The van der Waals surface area contributed by atoms with Gasteiger partial charge in [0, 0.05) is 21.2 Å². The Morgan fingerprint density at radius 3 is 2.18 bits per heavy atom. The number of carbonyl (C=O) groups is 3. The van der Waals surface area contributed by atoms with Crippen LogP contribution in [0.2, 0.25) is 0 Å². The van der Waals surface area contributed by atoms with Crippen molar-refractivity contribution >= 4 is 55.9 Å². The first-order chi connectivity index (χ1) is 15.8. The number of halogens is 1. The molecule has 0 saturated heterocycles.